The smallest absolute Gasteiger partial charge is 0.0319 e. The normalized spacial score (nSPS) is 7.27. The monoisotopic (exact) mass is 218 g/mol. The molecule has 0 fully saturated rings. The number of rotatable bonds is 0. The third kappa shape index (κ3) is 6.07. The molecule has 0 aliphatic heterocycles. The van der Waals surface area contributed by atoms with Crippen LogP contribution in [0.3, 0.4) is 0 Å². The highest BCUT2D eigenvalue weighted by Crippen LogP contribution is 2.00. The summed E-state index contributed by atoms with van der Waals surface area (Å²) in [5, 5.41) is 7.00. The fourth-order valence-electron chi connectivity index (χ4n) is 0.807. The minimum atomic E-state index is 0. The number of aliphatic hydroxyl groups is 1. The fourth-order valence-corrected chi connectivity index (χ4v) is 0.807. The molecule has 64 valence electrons. The van der Waals surface area contributed by atoms with Gasteiger partial charge in [0.15, 0.2) is 0 Å². The molecule has 0 atom stereocenters. The molecule has 0 bridgehead atoms. The number of benzene rings is 1. The van der Waals surface area contributed by atoms with Gasteiger partial charge in [-0.3, -0.25) is 0 Å². The molecule has 11 heavy (non-hydrogen) atoms. The second-order valence-corrected chi connectivity index (χ2v) is 2.16. The van der Waals surface area contributed by atoms with E-state index in [0.29, 0.717) is 0 Å². The van der Waals surface area contributed by atoms with E-state index in [4.69, 9.17) is 5.11 Å². The molecule has 1 aromatic rings. The number of halogens is 1. The Kier molecular flexibility index (Phi) is 9.36. The highest BCUT2D eigenvalue weighted by atomic mass is 79.9. The Labute approximate surface area is 78.8 Å². The molecule has 1 rings (SSSR count). The highest BCUT2D eigenvalue weighted by Gasteiger charge is 1.80. The van der Waals surface area contributed by atoms with Crippen molar-refractivity contribution in [1.29, 1.82) is 0 Å². The summed E-state index contributed by atoms with van der Waals surface area (Å²) in [5.41, 5.74) is 2.68. The first-order valence-corrected chi connectivity index (χ1v) is 3.27. The molecule has 0 saturated heterocycles. The lowest BCUT2D eigenvalue weighted by Crippen LogP contribution is -1.71. The van der Waals surface area contributed by atoms with Crippen molar-refractivity contribution in [1.82, 2.24) is 0 Å². The Morgan fingerprint density at radius 1 is 1.00 bits per heavy atom. The Morgan fingerprint density at radius 3 is 1.55 bits per heavy atom. The number of hydrogen-bond acceptors (Lipinski definition) is 1. The Hall–Kier alpha value is -0.340. The summed E-state index contributed by atoms with van der Waals surface area (Å²) in [7, 11) is 1.00. The van der Waals surface area contributed by atoms with Crippen LogP contribution in [-0.4, -0.2) is 12.2 Å². The van der Waals surface area contributed by atoms with Crippen molar-refractivity contribution in [3.8, 4) is 0 Å². The third-order valence-electron chi connectivity index (χ3n) is 1.17. The van der Waals surface area contributed by atoms with E-state index in [2.05, 4.69) is 38.1 Å². The predicted octanol–water partition coefficient (Wildman–Crippen LogP) is 2.49. The Bertz CT molecular complexity index is 169. The molecular formula is C9H15BrO. The summed E-state index contributed by atoms with van der Waals surface area (Å²) in [6, 6.07) is 8.45. The van der Waals surface area contributed by atoms with Crippen molar-refractivity contribution in [3.63, 3.8) is 0 Å². The minimum Gasteiger partial charge on any atom is -0.400 e. The molecule has 0 aromatic heterocycles. The molecule has 0 radical (unpaired) electrons. The summed E-state index contributed by atoms with van der Waals surface area (Å²) in [6.45, 7) is 4.21. The van der Waals surface area contributed by atoms with Crippen LogP contribution in [-0.2, 0) is 0 Å². The number of aryl methyl sites for hydroxylation is 2. The number of hydrogen-bond donors (Lipinski definition) is 1. The van der Waals surface area contributed by atoms with Crippen molar-refractivity contribution in [2.75, 3.05) is 7.11 Å². The standard InChI is InChI=1S/C8H10.CH4O.BrH/c1-7-4-3-5-8(2)6-7;1-2;/h3-6H,1-2H3;2H,1H3;1H. The lowest BCUT2D eigenvalue weighted by atomic mass is 10.2. The summed E-state index contributed by atoms with van der Waals surface area (Å²) >= 11 is 0. The van der Waals surface area contributed by atoms with Crippen molar-refractivity contribution in [3.05, 3.63) is 35.4 Å². The fraction of sp³-hybridized carbons (Fsp3) is 0.333. The predicted molar refractivity (Wildman–Crippen MR) is 54.4 cm³/mol. The SMILES string of the molecule is Br.CO.Cc1cccc(C)c1. The summed E-state index contributed by atoms with van der Waals surface area (Å²) < 4.78 is 0. The van der Waals surface area contributed by atoms with Crippen LogP contribution in [0.25, 0.3) is 0 Å². The average molecular weight is 219 g/mol. The van der Waals surface area contributed by atoms with E-state index in [0.717, 1.165) is 7.11 Å². The maximum absolute atomic E-state index is 7.00. The van der Waals surface area contributed by atoms with Crippen molar-refractivity contribution < 1.29 is 5.11 Å². The van der Waals surface area contributed by atoms with Crippen LogP contribution in [0.2, 0.25) is 0 Å². The van der Waals surface area contributed by atoms with Crippen LogP contribution < -0.4 is 0 Å². The molecule has 0 aliphatic rings. The van der Waals surface area contributed by atoms with Crippen molar-refractivity contribution in [2.45, 2.75) is 13.8 Å². The lowest BCUT2D eigenvalue weighted by Gasteiger charge is -1.90. The quantitative estimate of drug-likeness (QED) is 0.710. The van der Waals surface area contributed by atoms with E-state index in [9.17, 15) is 0 Å². The molecule has 0 amide bonds. The van der Waals surface area contributed by atoms with E-state index in [1.54, 1.807) is 0 Å². The molecule has 0 aliphatic carbocycles. The maximum Gasteiger partial charge on any atom is 0.0319 e. The van der Waals surface area contributed by atoms with Gasteiger partial charge >= 0.3 is 0 Å². The van der Waals surface area contributed by atoms with E-state index in [1.807, 2.05) is 0 Å². The van der Waals surface area contributed by atoms with Crippen LogP contribution >= 0.6 is 17.0 Å². The van der Waals surface area contributed by atoms with Gasteiger partial charge in [0.2, 0.25) is 0 Å². The van der Waals surface area contributed by atoms with Gasteiger partial charge in [-0.05, 0) is 13.8 Å². The summed E-state index contributed by atoms with van der Waals surface area (Å²) in [4.78, 5) is 0. The van der Waals surface area contributed by atoms with Crippen LogP contribution in [0.15, 0.2) is 24.3 Å². The topological polar surface area (TPSA) is 20.2 Å². The van der Waals surface area contributed by atoms with Crippen LogP contribution in [0.4, 0.5) is 0 Å². The van der Waals surface area contributed by atoms with Gasteiger partial charge in [-0.2, -0.15) is 0 Å². The first kappa shape index (κ1) is 13.3. The van der Waals surface area contributed by atoms with Gasteiger partial charge in [-0.25, -0.2) is 0 Å². The van der Waals surface area contributed by atoms with Gasteiger partial charge in [0.05, 0.1) is 0 Å². The zero-order chi connectivity index (χ0) is 7.98. The number of aliphatic hydroxyl groups excluding tert-OH is 1. The zero-order valence-electron chi connectivity index (χ0n) is 7.16. The molecule has 0 saturated carbocycles. The lowest BCUT2D eigenvalue weighted by molar-refractivity contribution is 0.399. The van der Waals surface area contributed by atoms with E-state index in [1.165, 1.54) is 11.1 Å². The molecule has 1 nitrogen and oxygen atoms in total. The molecule has 0 heterocycles. The van der Waals surface area contributed by atoms with E-state index < -0.39 is 0 Å². The second kappa shape index (κ2) is 7.76. The first-order chi connectivity index (χ1) is 4.79. The van der Waals surface area contributed by atoms with Gasteiger partial charge in [0.25, 0.3) is 0 Å². The van der Waals surface area contributed by atoms with Crippen LogP contribution in [0, 0.1) is 13.8 Å². The second-order valence-electron chi connectivity index (χ2n) is 2.16. The van der Waals surface area contributed by atoms with Gasteiger partial charge in [-0.1, -0.05) is 35.4 Å². The molecule has 1 N–H and O–H groups in total. The molecule has 0 unspecified atom stereocenters. The minimum absolute atomic E-state index is 0. The van der Waals surface area contributed by atoms with Gasteiger partial charge in [0, 0.05) is 7.11 Å². The Balaban J connectivity index is 0. The summed E-state index contributed by atoms with van der Waals surface area (Å²) in [5.74, 6) is 0. The Morgan fingerprint density at radius 2 is 1.36 bits per heavy atom. The third-order valence-corrected chi connectivity index (χ3v) is 1.17. The first-order valence-electron chi connectivity index (χ1n) is 3.27. The van der Waals surface area contributed by atoms with E-state index >= 15 is 0 Å². The van der Waals surface area contributed by atoms with Gasteiger partial charge in [0.1, 0.15) is 0 Å². The molecule has 0 spiro atoms. The zero-order valence-corrected chi connectivity index (χ0v) is 8.88. The maximum atomic E-state index is 7.00. The van der Waals surface area contributed by atoms with Gasteiger partial charge < -0.3 is 5.11 Å². The summed E-state index contributed by atoms with van der Waals surface area (Å²) in [6.07, 6.45) is 0. The average Bonchev–Trinajstić information content (AvgIpc) is 1.91. The van der Waals surface area contributed by atoms with Crippen LogP contribution in [0.1, 0.15) is 11.1 Å². The molecule has 1 aromatic carbocycles. The van der Waals surface area contributed by atoms with Crippen molar-refractivity contribution >= 4 is 17.0 Å². The molecule has 2 heteroatoms. The van der Waals surface area contributed by atoms with Crippen LogP contribution in [0.5, 0.6) is 0 Å². The highest BCUT2D eigenvalue weighted by molar-refractivity contribution is 8.93. The van der Waals surface area contributed by atoms with Crippen molar-refractivity contribution in [2.24, 2.45) is 0 Å². The van der Waals surface area contributed by atoms with Gasteiger partial charge in [-0.15, -0.1) is 17.0 Å². The largest absolute Gasteiger partial charge is 0.400 e. The molecular weight excluding hydrogens is 204 g/mol. The van der Waals surface area contributed by atoms with E-state index in [-0.39, 0.29) is 17.0 Å².